The van der Waals surface area contributed by atoms with Crippen molar-refractivity contribution in [3.05, 3.63) is 48.2 Å². The van der Waals surface area contributed by atoms with E-state index in [0.717, 1.165) is 48.3 Å². The van der Waals surface area contributed by atoms with E-state index in [1.165, 1.54) is 0 Å². The molecule has 8 nitrogen and oxygen atoms in total. The number of urea groups is 1. The second-order valence-corrected chi connectivity index (χ2v) is 6.76. The Balaban J connectivity index is 1.48. The van der Waals surface area contributed by atoms with E-state index in [4.69, 9.17) is 4.74 Å². The van der Waals surface area contributed by atoms with Gasteiger partial charge in [-0.3, -0.25) is 10.4 Å². The molecule has 4 N–H and O–H groups in total. The summed E-state index contributed by atoms with van der Waals surface area (Å²) in [5.41, 5.74) is 1.83. The Labute approximate surface area is 163 Å². The van der Waals surface area contributed by atoms with Crippen molar-refractivity contribution in [3.8, 4) is 0 Å². The fraction of sp³-hybridized carbons (Fsp3) is 0.350. The SMILES string of the molecule is CCNc1n[nH]c2cc(NC(=O)N[C@@H](c3ccccc3)[C@@H]3CCCO3)ncc12. The maximum absolute atomic E-state index is 12.6. The summed E-state index contributed by atoms with van der Waals surface area (Å²) in [7, 11) is 0. The van der Waals surface area contributed by atoms with Gasteiger partial charge in [0.05, 0.1) is 23.0 Å². The third kappa shape index (κ3) is 3.91. The number of hydrogen-bond acceptors (Lipinski definition) is 5. The predicted molar refractivity (Wildman–Crippen MR) is 108 cm³/mol. The zero-order valence-corrected chi connectivity index (χ0v) is 15.7. The number of fused-ring (bicyclic) bond motifs is 1. The minimum Gasteiger partial charge on any atom is -0.376 e. The number of carbonyl (C=O) groups excluding carboxylic acids is 1. The van der Waals surface area contributed by atoms with Crippen LogP contribution >= 0.6 is 0 Å². The third-order valence-corrected chi connectivity index (χ3v) is 4.82. The lowest BCUT2D eigenvalue weighted by Crippen LogP contribution is -2.38. The Morgan fingerprint density at radius 1 is 1.36 bits per heavy atom. The molecule has 1 aliphatic heterocycles. The quantitative estimate of drug-likeness (QED) is 0.524. The molecule has 0 unspecified atom stereocenters. The summed E-state index contributed by atoms with van der Waals surface area (Å²) in [5.74, 6) is 1.21. The molecule has 1 aliphatic rings. The third-order valence-electron chi connectivity index (χ3n) is 4.82. The Kier molecular flexibility index (Phi) is 5.38. The standard InChI is InChI=1S/C20H24N6O2/c1-2-21-19-14-12-22-17(11-15(14)25-26-19)23-20(27)24-18(16-9-6-10-28-16)13-7-4-3-5-8-13/h3-5,7-8,11-12,16,18H,2,6,9-10H2,1H3,(H2,21,25,26)(H2,22,23,24,27)/t16-,18-/m0/s1. The monoisotopic (exact) mass is 380 g/mol. The molecule has 3 heterocycles. The molecule has 2 atom stereocenters. The van der Waals surface area contributed by atoms with Gasteiger partial charge in [-0.15, -0.1) is 0 Å². The summed E-state index contributed by atoms with van der Waals surface area (Å²) in [6, 6.07) is 11.1. The van der Waals surface area contributed by atoms with Gasteiger partial charge in [-0.25, -0.2) is 9.78 Å². The first-order valence-corrected chi connectivity index (χ1v) is 9.56. The largest absolute Gasteiger partial charge is 0.376 e. The number of amides is 2. The van der Waals surface area contributed by atoms with Crippen LogP contribution in [0.15, 0.2) is 42.6 Å². The normalized spacial score (nSPS) is 17.4. The number of carbonyl (C=O) groups is 1. The number of anilines is 2. The molecule has 0 spiro atoms. The highest BCUT2D eigenvalue weighted by Gasteiger charge is 2.28. The van der Waals surface area contributed by atoms with Gasteiger partial charge in [0.2, 0.25) is 0 Å². The number of nitrogens with one attached hydrogen (secondary N) is 4. The highest BCUT2D eigenvalue weighted by Crippen LogP contribution is 2.27. The Morgan fingerprint density at radius 3 is 2.96 bits per heavy atom. The van der Waals surface area contributed by atoms with Gasteiger partial charge in [-0.2, -0.15) is 5.10 Å². The zero-order valence-electron chi connectivity index (χ0n) is 15.7. The van der Waals surface area contributed by atoms with Crippen molar-refractivity contribution >= 4 is 28.6 Å². The lowest BCUT2D eigenvalue weighted by atomic mass is 9.99. The van der Waals surface area contributed by atoms with E-state index in [1.54, 1.807) is 12.3 Å². The van der Waals surface area contributed by atoms with Crippen LogP contribution in [-0.2, 0) is 4.74 Å². The van der Waals surface area contributed by atoms with Gasteiger partial charge in [0.1, 0.15) is 5.82 Å². The summed E-state index contributed by atoms with van der Waals surface area (Å²) in [6.45, 7) is 3.50. The number of benzene rings is 1. The van der Waals surface area contributed by atoms with Gasteiger partial charge >= 0.3 is 6.03 Å². The van der Waals surface area contributed by atoms with E-state index >= 15 is 0 Å². The van der Waals surface area contributed by atoms with Crippen LogP contribution in [-0.4, -0.2) is 40.5 Å². The van der Waals surface area contributed by atoms with E-state index in [2.05, 4.69) is 31.1 Å². The number of aromatic amines is 1. The van der Waals surface area contributed by atoms with Crippen LogP contribution in [0.4, 0.5) is 16.4 Å². The van der Waals surface area contributed by atoms with Gasteiger partial charge in [-0.1, -0.05) is 30.3 Å². The summed E-state index contributed by atoms with van der Waals surface area (Å²) < 4.78 is 5.83. The molecule has 0 bridgehead atoms. The fourth-order valence-corrected chi connectivity index (χ4v) is 3.49. The van der Waals surface area contributed by atoms with E-state index in [0.29, 0.717) is 5.82 Å². The van der Waals surface area contributed by atoms with E-state index in [1.807, 2.05) is 37.3 Å². The molecule has 2 amide bonds. The van der Waals surface area contributed by atoms with Crippen molar-refractivity contribution in [2.45, 2.75) is 31.9 Å². The second-order valence-electron chi connectivity index (χ2n) is 6.76. The lowest BCUT2D eigenvalue weighted by Gasteiger charge is -2.24. The van der Waals surface area contributed by atoms with Gasteiger partial charge in [0, 0.05) is 25.4 Å². The number of pyridine rings is 1. The minimum atomic E-state index is -0.317. The molecule has 4 rings (SSSR count). The summed E-state index contributed by atoms with van der Waals surface area (Å²) in [4.78, 5) is 17.0. The van der Waals surface area contributed by atoms with Crippen LogP contribution in [0.25, 0.3) is 10.9 Å². The molecule has 146 valence electrons. The smallest absolute Gasteiger partial charge is 0.320 e. The Morgan fingerprint density at radius 2 is 2.21 bits per heavy atom. The van der Waals surface area contributed by atoms with E-state index in [9.17, 15) is 4.79 Å². The van der Waals surface area contributed by atoms with Crippen molar-refractivity contribution in [1.29, 1.82) is 0 Å². The molecular weight excluding hydrogens is 356 g/mol. The van der Waals surface area contributed by atoms with Gasteiger partial charge in [-0.05, 0) is 25.3 Å². The fourth-order valence-electron chi connectivity index (χ4n) is 3.49. The Hall–Kier alpha value is -3.13. The number of ether oxygens (including phenoxy) is 1. The number of rotatable bonds is 6. The van der Waals surface area contributed by atoms with Crippen LogP contribution in [0.3, 0.4) is 0 Å². The minimum absolute atomic E-state index is 0.0288. The maximum Gasteiger partial charge on any atom is 0.320 e. The van der Waals surface area contributed by atoms with Gasteiger partial charge in [0.15, 0.2) is 5.82 Å². The second kappa shape index (κ2) is 8.26. The summed E-state index contributed by atoms with van der Waals surface area (Å²) in [5, 5.41) is 17.1. The lowest BCUT2D eigenvalue weighted by molar-refractivity contribution is 0.0815. The number of H-pyrrole nitrogens is 1. The number of nitrogens with zero attached hydrogens (tertiary/aromatic N) is 2. The molecule has 8 heteroatoms. The topological polar surface area (TPSA) is 104 Å². The van der Waals surface area contributed by atoms with Crippen LogP contribution in [0.1, 0.15) is 31.4 Å². The van der Waals surface area contributed by atoms with Crippen LogP contribution in [0, 0.1) is 0 Å². The highest BCUT2D eigenvalue weighted by molar-refractivity contribution is 5.94. The van der Waals surface area contributed by atoms with Crippen molar-refractivity contribution in [1.82, 2.24) is 20.5 Å². The number of hydrogen-bond donors (Lipinski definition) is 4. The average molecular weight is 380 g/mol. The van der Waals surface area contributed by atoms with Crippen LogP contribution in [0.2, 0.25) is 0 Å². The molecule has 2 aromatic heterocycles. The van der Waals surface area contributed by atoms with Crippen molar-refractivity contribution in [2.75, 3.05) is 23.8 Å². The summed E-state index contributed by atoms with van der Waals surface area (Å²) >= 11 is 0. The molecule has 0 saturated carbocycles. The zero-order chi connectivity index (χ0) is 19.3. The molecule has 1 fully saturated rings. The van der Waals surface area contributed by atoms with Gasteiger partial charge < -0.3 is 15.4 Å². The first-order valence-electron chi connectivity index (χ1n) is 9.56. The molecule has 1 aromatic carbocycles. The van der Waals surface area contributed by atoms with E-state index in [-0.39, 0.29) is 18.2 Å². The first kappa shape index (κ1) is 18.2. The molecule has 1 saturated heterocycles. The van der Waals surface area contributed by atoms with Crippen LogP contribution < -0.4 is 16.0 Å². The highest BCUT2D eigenvalue weighted by atomic mass is 16.5. The molecular formula is C20H24N6O2. The Bertz CT molecular complexity index is 936. The molecule has 0 radical (unpaired) electrons. The van der Waals surface area contributed by atoms with Crippen LogP contribution in [0.5, 0.6) is 0 Å². The molecule has 3 aromatic rings. The van der Waals surface area contributed by atoms with Crippen molar-refractivity contribution in [2.24, 2.45) is 0 Å². The van der Waals surface area contributed by atoms with Crippen molar-refractivity contribution in [3.63, 3.8) is 0 Å². The number of aromatic nitrogens is 3. The maximum atomic E-state index is 12.6. The average Bonchev–Trinajstić information content (AvgIpc) is 3.37. The molecule has 0 aliphatic carbocycles. The van der Waals surface area contributed by atoms with E-state index < -0.39 is 0 Å². The first-order chi connectivity index (χ1) is 13.7. The summed E-state index contributed by atoms with van der Waals surface area (Å²) in [6.07, 6.45) is 3.59. The van der Waals surface area contributed by atoms with Gasteiger partial charge in [0.25, 0.3) is 0 Å². The predicted octanol–water partition coefficient (Wildman–Crippen LogP) is 3.43. The molecule has 28 heavy (non-hydrogen) atoms. The van der Waals surface area contributed by atoms with Crippen molar-refractivity contribution < 1.29 is 9.53 Å².